The number of fused-ring (bicyclic) bond motifs is 6. The van der Waals surface area contributed by atoms with Gasteiger partial charge in [-0.2, -0.15) is 0 Å². The number of para-hydroxylation sites is 2. The van der Waals surface area contributed by atoms with Crippen molar-refractivity contribution in [2.75, 3.05) is 0 Å². The number of benzene rings is 9. The maximum Gasteiger partial charge on any atom is 0.164 e. The van der Waals surface area contributed by atoms with E-state index in [1.807, 2.05) is 72.8 Å². The van der Waals surface area contributed by atoms with E-state index in [9.17, 15) is 0 Å². The summed E-state index contributed by atoms with van der Waals surface area (Å²) in [7, 11) is 0. The van der Waals surface area contributed by atoms with E-state index in [0.717, 1.165) is 99.5 Å². The highest BCUT2D eigenvalue weighted by molar-refractivity contribution is 6.16. The predicted molar refractivity (Wildman–Crippen MR) is 254 cm³/mol. The van der Waals surface area contributed by atoms with E-state index in [-0.39, 0.29) is 0 Å². The van der Waals surface area contributed by atoms with Crippen molar-refractivity contribution in [3.63, 3.8) is 0 Å². The first-order valence-corrected chi connectivity index (χ1v) is 20.8. The topological polar surface area (TPSA) is 56.7 Å². The lowest BCUT2D eigenvalue weighted by Crippen LogP contribution is -2.00. The Balaban J connectivity index is 1.10. The van der Waals surface area contributed by atoms with Gasteiger partial charge in [-0.25, -0.2) is 15.0 Å². The third-order valence-electron chi connectivity index (χ3n) is 11.9. The van der Waals surface area contributed by atoms with Gasteiger partial charge in [-0.1, -0.05) is 170 Å². The molecule has 0 bridgehead atoms. The van der Waals surface area contributed by atoms with Gasteiger partial charge in [-0.05, 0) is 70.8 Å². The molecular formula is C57H36N4O. The van der Waals surface area contributed by atoms with Crippen molar-refractivity contribution < 1.29 is 4.42 Å². The predicted octanol–water partition coefficient (Wildman–Crippen LogP) is 14.9. The highest BCUT2D eigenvalue weighted by atomic mass is 16.3. The molecule has 5 nitrogen and oxygen atoms in total. The van der Waals surface area contributed by atoms with Crippen LogP contribution in [0.3, 0.4) is 0 Å². The van der Waals surface area contributed by atoms with Crippen LogP contribution in [0.25, 0.3) is 117 Å². The summed E-state index contributed by atoms with van der Waals surface area (Å²) in [5, 5.41) is 4.48. The lowest BCUT2D eigenvalue weighted by molar-refractivity contribution is 0.670. The van der Waals surface area contributed by atoms with Crippen LogP contribution < -0.4 is 0 Å². The van der Waals surface area contributed by atoms with Crippen LogP contribution >= 0.6 is 0 Å². The maximum absolute atomic E-state index is 6.46. The Hall–Kier alpha value is -8.41. The van der Waals surface area contributed by atoms with Gasteiger partial charge >= 0.3 is 0 Å². The van der Waals surface area contributed by atoms with Crippen LogP contribution in [0, 0.1) is 0 Å². The molecule has 0 radical (unpaired) electrons. The maximum atomic E-state index is 6.46. The van der Waals surface area contributed by atoms with Crippen LogP contribution in [0.5, 0.6) is 0 Å². The van der Waals surface area contributed by atoms with E-state index in [1.54, 1.807) is 0 Å². The third kappa shape index (κ3) is 6.06. The van der Waals surface area contributed by atoms with Crippen LogP contribution in [-0.2, 0) is 0 Å². The van der Waals surface area contributed by atoms with E-state index in [1.165, 1.54) is 0 Å². The van der Waals surface area contributed by atoms with Gasteiger partial charge < -0.3 is 8.98 Å². The second-order valence-electron chi connectivity index (χ2n) is 15.6. The monoisotopic (exact) mass is 792 g/mol. The average molecular weight is 793 g/mol. The molecule has 5 heteroatoms. The minimum Gasteiger partial charge on any atom is -0.455 e. The van der Waals surface area contributed by atoms with E-state index >= 15 is 0 Å². The summed E-state index contributed by atoms with van der Waals surface area (Å²) in [6, 6.07) is 76.5. The molecule has 3 heterocycles. The van der Waals surface area contributed by atoms with Crippen LogP contribution in [0.4, 0.5) is 0 Å². The van der Waals surface area contributed by atoms with Gasteiger partial charge in [0.05, 0.1) is 11.0 Å². The van der Waals surface area contributed by atoms with E-state index < -0.39 is 0 Å². The molecule has 0 aliphatic rings. The molecule has 0 amide bonds. The van der Waals surface area contributed by atoms with Gasteiger partial charge in [-0.15, -0.1) is 0 Å². The molecule has 3 aromatic heterocycles. The van der Waals surface area contributed by atoms with Crippen molar-refractivity contribution in [1.82, 2.24) is 19.5 Å². The third-order valence-corrected chi connectivity index (χ3v) is 11.9. The van der Waals surface area contributed by atoms with Crippen molar-refractivity contribution >= 4 is 43.7 Å². The summed E-state index contributed by atoms with van der Waals surface area (Å²) >= 11 is 0. The Labute approximate surface area is 357 Å². The molecule has 9 aromatic carbocycles. The zero-order valence-corrected chi connectivity index (χ0v) is 33.5. The largest absolute Gasteiger partial charge is 0.455 e. The summed E-state index contributed by atoms with van der Waals surface area (Å²) < 4.78 is 8.87. The first-order chi connectivity index (χ1) is 30.7. The molecular weight excluding hydrogens is 757 g/mol. The fraction of sp³-hybridized carbons (Fsp3) is 0. The van der Waals surface area contributed by atoms with E-state index in [0.29, 0.717) is 17.5 Å². The molecule has 290 valence electrons. The second-order valence-corrected chi connectivity index (χ2v) is 15.6. The summed E-state index contributed by atoms with van der Waals surface area (Å²) in [5.74, 6) is 1.88. The first kappa shape index (κ1) is 35.5. The summed E-state index contributed by atoms with van der Waals surface area (Å²) in [6.07, 6.45) is 0. The SMILES string of the molecule is c1ccc(-c2cc(-c3ccccc3)c3c(c2)c2cc(-c4nc(-c5ccccc5)nc(-c5ccccc5)n4)ccc2n3-c2ccc(-c3cccc4c3oc3ccccc34)cc2)cc1. The standard InChI is InChI=1S/C57H36N4O/c1-5-16-37(17-6-1)43-35-48(38-18-7-2-8-19-38)53-50(36-43)49-34-42(57-59-55(40-20-9-3-10-21-40)58-56(60-57)41-22-11-4-12-23-41)30-33-51(49)61(53)44-31-28-39(29-32-44)45-25-15-26-47-46-24-13-14-27-52(46)62-54(45)47/h1-36H. The minimum atomic E-state index is 0.618. The van der Waals surface area contributed by atoms with Gasteiger partial charge in [0.1, 0.15) is 11.2 Å². The van der Waals surface area contributed by atoms with Crippen molar-refractivity contribution in [1.29, 1.82) is 0 Å². The van der Waals surface area contributed by atoms with Crippen LogP contribution in [0.15, 0.2) is 223 Å². The van der Waals surface area contributed by atoms with Crippen molar-refractivity contribution in [3.8, 4) is 73.2 Å². The zero-order valence-electron chi connectivity index (χ0n) is 33.5. The number of furan rings is 1. The van der Waals surface area contributed by atoms with Gasteiger partial charge in [0, 0.05) is 55.0 Å². The molecule has 62 heavy (non-hydrogen) atoms. The quantitative estimate of drug-likeness (QED) is 0.161. The number of rotatable bonds is 7. The number of aromatic nitrogens is 4. The number of nitrogens with zero attached hydrogens (tertiary/aromatic N) is 4. The summed E-state index contributed by atoms with van der Waals surface area (Å²) in [5.41, 5.74) is 14.6. The smallest absolute Gasteiger partial charge is 0.164 e. The van der Waals surface area contributed by atoms with Crippen molar-refractivity contribution in [2.24, 2.45) is 0 Å². The summed E-state index contributed by atoms with van der Waals surface area (Å²) in [4.78, 5) is 15.2. The molecule has 12 rings (SSSR count). The average Bonchev–Trinajstić information content (AvgIpc) is 3.90. The lowest BCUT2D eigenvalue weighted by atomic mass is 9.95. The normalized spacial score (nSPS) is 11.5. The molecule has 0 saturated carbocycles. The fourth-order valence-electron chi connectivity index (χ4n) is 8.89. The Morgan fingerprint density at radius 3 is 1.50 bits per heavy atom. The van der Waals surface area contributed by atoms with Gasteiger partial charge in [0.15, 0.2) is 17.5 Å². The molecule has 0 aliphatic carbocycles. The first-order valence-electron chi connectivity index (χ1n) is 20.8. The van der Waals surface area contributed by atoms with Gasteiger partial charge in [0.2, 0.25) is 0 Å². The van der Waals surface area contributed by atoms with Crippen LogP contribution in [-0.4, -0.2) is 19.5 Å². The van der Waals surface area contributed by atoms with E-state index in [4.69, 9.17) is 19.4 Å². The number of hydrogen-bond donors (Lipinski definition) is 0. The number of hydrogen-bond acceptors (Lipinski definition) is 4. The molecule has 0 fully saturated rings. The molecule has 0 aliphatic heterocycles. The molecule has 0 spiro atoms. The fourth-order valence-corrected chi connectivity index (χ4v) is 8.89. The van der Waals surface area contributed by atoms with Crippen molar-refractivity contribution in [3.05, 3.63) is 218 Å². The molecule has 0 N–H and O–H groups in total. The highest BCUT2D eigenvalue weighted by Gasteiger charge is 2.21. The minimum absolute atomic E-state index is 0.618. The Morgan fingerprint density at radius 2 is 0.839 bits per heavy atom. The Morgan fingerprint density at radius 1 is 0.323 bits per heavy atom. The molecule has 0 unspecified atom stereocenters. The highest BCUT2D eigenvalue weighted by Crippen LogP contribution is 2.43. The Bertz CT molecular complexity index is 3540. The van der Waals surface area contributed by atoms with Gasteiger partial charge in [-0.3, -0.25) is 0 Å². The molecule has 0 atom stereocenters. The lowest BCUT2D eigenvalue weighted by Gasteiger charge is -2.14. The summed E-state index contributed by atoms with van der Waals surface area (Å²) in [6.45, 7) is 0. The van der Waals surface area contributed by atoms with Gasteiger partial charge in [0.25, 0.3) is 0 Å². The van der Waals surface area contributed by atoms with Crippen molar-refractivity contribution in [2.45, 2.75) is 0 Å². The van der Waals surface area contributed by atoms with Crippen LogP contribution in [0.2, 0.25) is 0 Å². The zero-order chi connectivity index (χ0) is 41.0. The van der Waals surface area contributed by atoms with E-state index in [2.05, 4.69) is 150 Å². The second kappa shape index (κ2) is 14.7. The molecule has 12 aromatic rings. The Kier molecular flexibility index (Phi) is 8.42. The molecule has 0 saturated heterocycles. The van der Waals surface area contributed by atoms with Crippen LogP contribution in [0.1, 0.15) is 0 Å².